The molecule has 0 saturated heterocycles. The molecule has 1 aromatic carbocycles. The Morgan fingerprint density at radius 1 is 1.35 bits per heavy atom. The molecule has 0 aromatic heterocycles. The average Bonchev–Trinajstić information content (AvgIpc) is 2.48. The van der Waals surface area contributed by atoms with E-state index in [2.05, 4.69) is 11.4 Å². The molecule has 1 saturated carbocycles. The van der Waals surface area contributed by atoms with Crippen LogP contribution in [0.4, 0.5) is 5.69 Å². The molecule has 0 amide bonds. The summed E-state index contributed by atoms with van der Waals surface area (Å²) in [7, 11) is 1.46. The lowest BCUT2D eigenvalue weighted by atomic mass is 9.86. The Hall–Kier alpha value is -1.55. The van der Waals surface area contributed by atoms with Crippen molar-refractivity contribution in [3.8, 4) is 0 Å². The molecule has 110 valence electrons. The summed E-state index contributed by atoms with van der Waals surface area (Å²) in [6, 6.07) is 8.58. The number of nitrogens with one attached hydrogen (secondary N) is 1. The van der Waals surface area contributed by atoms with Crippen molar-refractivity contribution in [2.45, 2.75) is 38.1 Å². The minimum absolute atomic E-state index is 0.0683. The zero-order valence-corrected chi connectivity index (χ0v) is 12.0. The first-order valence-corrected chi connectivity index (χ1v) is 7.27. The smallest absolute Gasteiger partial charge is 0.308 e. The van der Waals surface area contributed by atoms with Gasteiger partial charge in [-0.2, -0.15) is 0 Å². The van der Waals surface area contributed by atoms with Crippen LogP contribution in [0.2, 0.25) is 0 Å². The third-order valence-corrected chi connectivity index (χ3v) is 3.96. The zero-order chi connectivity index (χ0) is 14.4. The van der Waals surface area contributed by atoms with Crippen molar-refractivity contribution in [2.75, 3.05) is 19.0 Å². The lowest BCUT2D eigenvalue weighted by molar-refractivity contribution is -0.146. The topological polar surface area (TPSA) is 58.6 Å². The highest BCUT2D eigenvalue weighted by molar-refractivity contribution is 5.72. The number of hydrogen-bond donors (Lipinski definition) is 2. The summed E-state index contributed by atoms with van der Waals surface area (Å²) in [4.78, 5) is 11.5. The summed E-state index contributed by atoms with van der Waals surface area (Å²) in [5, 5.41) is 12.5. The van der Waals surface area contributed by atoms with E-state index in [1.165, 1.54) is 7.11 Å². The SMILES string of the molecule is COC(=O)C1CCC(Nc2cccc(CCO)c2)CC1. The maximum absolute atomic E-state index is 11.5. The van der Waals surface area contributed by atoms with Crippen LogP contribution in [-0.2, 0) is 16.0 Å². The van der Waals surface area contributed by atoms with Crippen molar-refractivity contribution in [1.29, 1.82) is 0 Å². The second kappa shape index (κ2) is 7.29. The van der Waals surface area contributed by atoms with Crippen molar-refractivity contribution >= 4 is 11.7 Å². The summed E-state index contributed by atoms with van der Waals surface area (Å²) >= 11 is 0. The monoisotopic (exact) mass is 277 g/mol. The number of benzene rings is 1. The van der Waals surface area contributed by atoms with Crippen LogP contribution >= 0.6 is 0 Å². The second-order valence-electron chi connectivity index (χ2n) is 5.39. The van der Waals surface area contributed by atoms with Gasteiger partial charge in [0.15, 0.2) is 0 Å². The highest BCUT2D eigenvalue weighted by Crippen LogP contribution is 2.27. The number of aliphatic hydroxyl groups is 1. The van der Waals surface area contributed by atoms with Crippen LogP contribution in [-0.4, -0.2) is 30.8 Å². The summed E-state index contributed by atoms with van der Waals surface area (Å²) in [5.41, 5.74) is 2.23. The number of esters is 1. The maximum Gasteiger partial charge on any atom is 0.308 e. The Balaban J connectivity index is 1.86. The number of carbonyl (C=O) groups is 1. The number of ether oxygens (including phenoxy) is 1. The summed E-state index contributed by atoms with van der Waals surface area (Å²) < 4.78 is 4.80. The Labute approximate surface area is 120 Å². The highest BCUT2D eigenvalue weighted by atomic mass is 16.5. The maximum atomic E-state index is 11.5. The van der Waals surface area contributed by atoms with E-state index >= 15 is 0 Å². The number of anilines is 1. The van der Waals surface area contributed by atoms with E-state index in [9.17, 15) is 4.79 Å². The normalized spacial score (nSPS) is 22.3. The minimum Gasteiger partial charge on any atom is -0.469 e. The van der Waals surface area contributed by atoms with Crippen molar-refractivity contribution in [1.82, 2.24) is 0 Å². The molecule has 1 fully saturated rings. The van der Waals surface area contributed by atoms with Gasteiger partial charge in [0, 0.05) is 18.3 Å². The number of aliphatic hydroxyl groups excluding tert-OH is 1. The van der Waals surface area contributed by atoms with Crippen LogP contribution in [0, 0.1) is 5.92 Å². The Morgan fingerprint density at radius 3 is 2.75 bits per heavy atom. The number of rotatable bonds is 5. The van der Waals surface area contributed by atoms with Crippen LogP contribution in [0.15, 0.2) is 24.3 Å². The molecule has 0 aliphatic heterocycles. The van der Waals surface area contributed by atoms with Crippen molar-refractivity contribution in [3.63, 3.8) is 0 Å². The molecule has 0 heterocycles. The van der Waals surface area contributed by atoms with Gasteiger partial charge in [-0.25, -0.2) is 0 Å². The van der Waals surface area contributed by atoms with Crippen LogP contribution in [0.3, 0.4) is 0 Å². The quantitative estimate of drug-likeness (QED) is 0.811. The molecule has 0 spiro atoms. The molecule has 0 atom stereocenters. The van der Waals surface area contributed by atoms with E-state index in [1.807, 2.05) is 18.2 Å². The third kappa shape index (κ3) is 3.97. The molecule has 1 aromatic rings. The van der Waals surface area contributed by atoms with Gasteiger partial charge >= 0.3 is 5.97 Å². The lowest BCUT2D eigenvalue weighted by Gasteiger charge is -2.28. The van der Waals surface area contributed by atoms with Gasteiger partial charge in [-0.05, 0) is 49.8 Å². The Morgan fingerprint density at radius 2 is 2.10 bits per heavy atom. The predicted octanol–water partition coefficient (Wildman–Crippen LogP) is 2.37. The van der Waals surface area contributed by atoms with Gasteiger partial charge in [-0.15, -0.1) is 0 Å². The molecular weight excluding hydrogens is 254 g/mol. The van der Waals surface area contributed by atoms with E-state index < -0.39 is 0 Å². The van der Waals surface area contributed by atoms with E-state index in [1.54, 1.807) is 0 Å². The van der Waals surface area contributed by atoms with Crippen molar-refractivity contribution in [3.05, 3.63) is 29.8 Å². The van der Waals surface area contributed by atoms with Crippen LogP contribution in [0.5, 0.6) is 0 Å². The first-order chi connectivity index (χ1) is 9.72. The van der Waals surface area contributed by atoms with E-state index in [0.29, 0.717) is 12.5 Å². The number of methoxy groups -OCH3 is 1. The standard InChI is InChI=1S/C16H23NO3/c1-20-16(19)13-5-7-14(8-6-13)17-15-4-2-3-12(11-15)9-10-18/h2-4,11,13-14,17-18H,5-10H2,1H3. The summed E-state index contributed by atoms with van der Waals surface area (Å²) in [5.74, 6) is -0.00725. The molecule has 4 nitrogen and oxygen atoms in total. The second-order valence-corrected chi connectivity index (χ2v) is 5.39. The Kier molecular flexibility index (Phi) is 5.41. The molecule has 1 aliphatic rings. The lowest BCUT2D eigenvalue weighted by Crippen LogP contribution is -2.29. The van der Waals surface area contributed by atoms with Gasteiger partial charge in [-0.1, -0.05) is 12.1 Å². The molecule has 2 N–H and O–H groups in total. The van der Waals surface area contributed by atoms with Gasteiger partial charge in [0.1, 0.15) is 0 Å². The predicted molar refractivity (Wildman–Crippen MR) is 78.6 cm³/mol. The zero-order valence-electron chi connectivity index (χ0n) is 12.0. The van der Waals surface area contributed by atoms with Gasteiger partial charge in [-0.3, -0.25) is 4.79 Å². The number of hydrogen-bond acceptors (Lipinski definition) is 4. The molecule has 20 heavy (non-hydrogen) atoms. The van der Waals surface area contributed by atoms with E-state index in [-0.39, 0.29) is 18.5 Å². The van der Waals surface area contributed by atoms with Gasteiger partial charge in [0.2, 0.25) is 0 Å². The average molecular weight is 277 g/mol. The molecule has 0 bridgehead atoms. The summed E-state index contributed by atoms with van der Waals surface area (Å²) in [6.45, 7) is 0.174. The fraction of sp³-hybridized carbons (Fsp3) is 0.562. The molecule has 0 radical (unpaired) electrons. The highest BCUT2D eigenvalue weighted by Gasteiger charge is 2.26. The van der Waals surface area contributed by atoms with Crippen LogP contribution in [0.1, 0.15) is 31.2 Å². The summed E-state index contributed by atoms with van der Waals surface area (Å²) in [6.07, 6.45) is 4.44. The Bertz CT molecular complexity index is 439. The van der Waals surface area contributed by atoms with Gasteiger partial charge in [0.25, 0.3) is 0 Å². The molecular formula is C16H23NO3. The van der Waals surface area contributed by atoms with Crippen LogP contribution in [0.25, 0.3) is 0 Å². The largest absolute Gasteiger partial charge is 0.469 e. The first-order valence-electron chi connectivity index (χ1n) is 7.27. The van der Waals surface area contributed by atoms with Gasteiger partial charge in [0.05, 0.1) is 13.0 Å². The van der Waals surface area contributed by atoms with Crippen molar-refractivity contribution < 1.29 is 14.6 Å². The molecule has 2 rings (SSSR count). The number of carbonyl (C=O) groups excluding carboxylic acids is 1. The minimum atomic E-state index is -0.0756. The third-order valence-electron chi connectivity index (χ3n) is 3.96. The molecule has 0 unspecified atom stereocenters. The fourth-order valence-corrected chi connectivity index (χ4v) is 2.82. The van der Waals surface area contributed by atoms with Crippen LogP contribution < -0.4 is 5.32 Å². The van der Waals surface area contributed by atoms with Crippen molar-refractivity contribution in [2.24, 2.45) is 5.92 Å². The molecule has 1 aliphatic carbocycles. The molecule has 4 heteroatoms. The fourth-order valence-electron chi connectivity index (χ4n) is 2.82. The first kappa shape index (κ1) is 14.9. The van der Waals surface area contributed by atoms with E-state index in [0.717, 1.165) is 36.9 Å². The van der Waals surface area contributed by atoms with Gasteiger partial charge < -0.3 is 15.2 Å². The van der Waals surface area contributed by atoms with E-state index in [4.69, 9.17) is 9.84 Å².